The molecule has 2 aromatic heterocycles. The molecule has 0 saturated heterocycles. The number of aryl methyl sites for hydroxylation is 1. The van der Waals surface area contributed by atoms with Crippen LogP contribution in [0.15, 0.2) is 27.4 Å². The van der Waals surface area contributed by atoms with Crippen LogP contribution in [0.25, 0.3) is 0 Å². The van der Waals surface area contributed by atoms with Crippen molar-refractivity contribution in [2.45, 2.75) is 5.92 Å². The summed E-state index contributed by atoms with van der Waals surface area (Å²) >= 11 is 3.38. The average molecular weight is 282 g/mol. The minimum Gasteiger partial charge on any atom is -0.434 e. The summed E-state index contributed by atoms with van der Waals surface area (Å²) in [5.74, 6) is 1.31. The van der Waals surface area contributed by atoms with Crippen LogP contribution < -0.4 is 4.90 Å². The summed E-state index contributed by atoms with van der Waals surface area (Å²) in [5.41, 5.74) is 2.46. The molecular formula is C11H12BrN3O. The lowest BCUT2D eigenvalue weighted by Crippen LogP contribution is -2.17. The Hall–Kier alpha value is -1.23. The highest BCUT2D eigenvalue weighted by Crippen LogP contribution is 2.42. The van der Waals surface area contributed by atoms with Gasteiger partial charge < -0.3 is 9.32 Å². The van der Waals surface area contributed by atoms with Gasteiger partial charge in [0, 0.05) is 44.0 Å². The fourth-order valence-corrected chi connectivity index (χ4v) is 2.75. The van der Waals surface area contributed by atoms with E-state index in [2.05, 4.69) is 38.1 Å². The molecule has 3 rings (SSSR count). The third-order valence-corrected chi connectivity index (χ3v) is 3.50. The van der Waals surface area contributed by atoms with E-state index in [0.717, 1.165) is 17.1 Å². The summed E-state index contributed by atoms with van der Waals surface area (Å²) in [6, 6.07) is 4.12. The average Bonchev–Trinajstić information content (AvgIpc) is 2.86. The molecule has 5 heteroatoms. The normalized spacial score (nSPS) is 19.2. The number of hydrogen-bond donors (Lipinski definition) is 0. The zero-order chi connectivity index (χ0) is 11.3. The minimum absolute atomic E-state index is 0.350. The molecule has 0 spiro atoms. The van der Waals surface area contributed by atoms with Crippen LogP contribution in [-0.4, -0.2) is 23.4 Å². The van der Waals surface area contributed by atoms with Crippen LogP contribution in [0.5, 0.6) is 0 Å². The van der Waals surface area contributed by atoms with Crippen molar-refractivity contribution in [1.82, 2.24) is 9.78 Å². The fraction of sp³-hybridized carbons (Fsp3) is 0.364. The Labute approximate surface area is 102 Å². The predicted molar refractivity (Wildman–Crippen MR) is 64.7 cm³/mol. The van der Waals surface area contributed by atoms with E-state index in [1.165, 1.54) is 11.3 Å². The second-order valence-electron chi connectivity index (χ2n) is 4.12. The fourth-order valence-electron chi connectivity index (χ4n) is 2.35. The maximum atomic E-state index is 5.62. The topological polar surface area (TPSA) is 34.2 Å². The van der Waals surface area contributed by atoms with Gasteiger partial charge in [-0.1, -0.05) is 0 Å². The first-order valence-electron chi connectivity index (χ1n) is 5.15. The van der Waals surface area contributed by atoms with Crippen LogP contribution >= 0.6 is 15.9 Å². The molecule has 3 heterocycles. The number of halogens is 1. The summed E-state index contributed by atoms with van der Waals surface area (Å²) in [5, 5.41) is 4.22. The van der Waals surface area contributed by atoms with Crippen molar-refractivity contribution < 1.29 is 4.42 Å². The molecule has 0 saturated carbocycles. The Morgan fingerprint density at radius 1 is 1.50 bits per heavy atom. The van der Waals surface area contributed by atoms with Crippen LogP contribution in [0.1, 0.15) is 17.2 Å². The van der Waals surface area contributed by atoms with Gasteiger partial charge in [0.05, 0.1) is 0 Å². The van der Waals surface area contributed by atoms with Gasteiger partial charge in [-0.3, -0.25) is 4.68 Å². The Morgan fingerprint density at radius 3 is 3.00 bits per heavy atom. The van der Waals surface area contributed by atoms with E-state index < -0.39 is 0 Å². The predicted octanol–water partition coefficient (Wildman–Crippen LogP) is 2.36. The smallest absolute Gasteiger partial charge is 0.200 e. The van der Waals surface area contributed by atoms with Gasteiger partial charge in [-0.25, -0.2) is 0 Å². The van der Waals surface area contributed by atoms with Crippen molar-refractivity contribution >= 4 is 21.8 Å². The third-order valence-electron chi connectivity index (χ3n) is 3.10. The van der Waals surface area contributed by atoms with E-state index in [4.69, 9.17) is 4.42 Å². The molecule has 1 aliphatic rings. The van der Waals surface area contributed by atoms with Crippen molar-refractivity contribution in [3.63, 3.8) is 0 Å². The van der Waals surface area contributed by atoms with Gasteiger partial charge in [-0.05, 0) is 28.1 Å². The molecule has 4 nitrogen and oxygen atoms in total. The highest BCUT2D eigenvalue weighted by atomic mass is 79.9. The van der Waals surface area contributed by atoms with Gasteiger partial charge in [0.25, 0.3) is 0 Å². The molecule has 1 aliphatic heterocycles. The number of nitrogens with zero attached hydrogens (tertiary/aromatic N) is 3. The number of fused-ring (bicyclic) bond motifs is 1. The molecule has 0 bridgehead atoms. The maximum Gasteiger partial charge on any atom is 0.200 e. The van der Waals surface area contributed by atoms with Gasteiger partial charge >= 0.3 is 0 Å². The summed E-state index contributed by atoms with van der Waals surface area (Å²) < 4.78 is 8.33. The first-order chi connectivity index (χ1) is 7.66. The van der Waals surface area contributed by atoms with Gasteiger partial charge in [-0.15, -0.1) is 0 Å². The molecule has 0 N–H and O–H groups in total. The molecule has 1 atom stereocenters. The van der Waals surface area contributed by atoms with Gasteiger partial charge in [-0.2, -0.15) is 5.10 Å². The molecule has 84 valence electrons. The SMILES string of the molecule is CN1CC(c2ccnn2C)c2cc(Br)oc21. The molecule has 0 aliphatic carbocycles. The number of hydrogen-bond acceptors (Lipinski definition) is 3. The molecule has 0 radical (unpaired) electrons. The Bertz CT molecular complexity index is 531. The summed E-state index contributed by atoms with van der Waals surface area (Å²) in [7, 11) is 4.02. The van der Waals surface area contributed by atoms with E-state index in [1.54, 1.807) is 0 Å². The first kappa shape index (κ1) is 9.96. The molecular weight excluding hydrogens is 270 g/mol. The Balaban J connectivity index is 2.09. The molecule has 2 aromatic rings. The summed E-state index contributed by atoms with van der Waals surface area (Å²) in [6.07, 6.45) is 1.84. The molecule has 0 fully saturated rings. The second kappa shape index (κ2) is 3.38. The largest absolute Gasteiger partial charge is 0.434 e. The van der Waals surface area contributed by atoms with Crippen molar-refractivity contribution in [1.29, 1.82) is 0 Å². The number of anilines is 1. The van der Waals surface area contributed by atoms with Crippen LogP contribution in [0.2, 0.25) is 0 Å². The summed E-state index contributed by atoms with van der Waals surface area (Å²) in [6.45, 7) is 0.945. The third kappa shape index (κ3) is 1.31. The van der Waals surface area contributed by atoms with Crippen molar-refractivity contribution in [3.8, 4) is 0 Å². The lowest BCUT2D eigenvalue weighted by Gasteiger charge is -2.12. The van der Waals surface area contributed by atoms with Crippen molar-refractivity contribution in [3.05, 3.63) is 34.3 Å². The van der Waals surface area contributed by atoms with E-state index in [9.17, 15) is 0 Å². The van der Waals surface area contributed by atoms with Crippen LogP contribution in [0, 0.1) is 0 Å². The number of likely N-dealkylation sites (N-methyl/N-ethyl adjacent to an activating group) is 1. The maximum absolute atomic E-state index is 5.62. The van der Waals surface area contributed by atoms with Crippen molar-refractivity contribution in [2.75, 3.05) is 18.5 Å². The molecule has 0 amide bonds. The lowest BCUT2D eigenvalue weighted by atomic mass is 10.0. The van der Waals surface area contributed by atoms with Crippen LogP contribution in [0.4, 0.5) is 5.88 Å². The van der Waals surface area contributed by atoms with E-state index in [-0.39, 0.29) is 0 Å². The van der Waals surface area contributed by atoms with Gasteiger partial charge in [0.2, 0.25) is 5.88 Å². The molecule has 1 unspecified atom stereocenters. The standard InChI is InChI=1S/C11H12BrN3O/c1-14-6-8(9-3-4-13-15(9)2)7-5-10(12)16-11(7)14/h3-5,8H,6H2,1-2H3. The highest BCUT2D eigenvalue weighted by Gasteiger charge is 2.33. The van der Waals surface area contributed by atoms with E-state index >= 15 is 0 Å². The molecule has 0 aromatic carbocycles. The van der Waals surface area contributed by atoms with E-state index in [1.807, 2.05) is 25.0 Å². The van der Waals surface area contributed by atoms with Crippen LogP contribution in [-0.2, 0) is 7.05 Å². The minimum atomic E-state index is 0.350. The highest BCUT2D eigenvalue weighted by molar-refractivity contribution is 9.10. The zero-order valence-corrected chi connectivity index (χ0v) is 10.7. The first-order valence-corrected chi connectivity index (χ1v) is 5.94. The zero-order valence-electron chi connectivity index (χ0n) is 9.14. The van der Waals surface area contributed by atoms with Gasteiger partial charge in [0.15, 0.2) is 4.67 Å². The lowest BCUT2D eigenvalue weighted by molar-refractivity contribution is 0.539. The van der Waals surface area contributed by atoms with Crippen molar-refractivity contribution in [2.24, 2.45) is 7.05 Å². The monoisotopic (exact) mass is 281 g/mol. The van der Waals surface area contributed by atoms with Crippen LogP contribution in [0.3, 0.4) is 0 Å². The number of aromatic nitrogens is 2. The summed E-state index contributed by atoms with van der Waals surface area (Å²) in [4.78, 5) is 2.14. The van der Waals surface area contributed by atoms with Gasteiger partial charge in [0.1, 0.15) is 0 Å². The second-order valence-corrected chi connectivity index (χ2v) is 4.91. The quantitative estimate of drug-likeness (QED) is 0.805. The number of furan rings is 1. The van der Waals surface area contributed by atoms with E-state index in [0.29, 0.717) is 5.92 Å². The Kier molecular flexibility index (Phi) is 2.10. The molecule has 16 heavy (non-hydrogen) atoms. The number of rotatable bonds is 1. The Morgan fingerprint density at radius 2 is 2.31 bits per heavy atom.